The van der Waals surface area contributed by atoms with E-state index in [1.807, 2.05) is 43.3 Å². The lowest BCUT2D eigenvalue weighted by Gasteiger charge is -2.34. The predicted octanol–water partition coefficient (Wildman–Crippen LogP) is 6.41. The Morgan fingerprint density at radius 2 is 1.56 bits per heavy atom. The minimum atomic E-state index is -3.48. The highest BCUT2D eigenvalue weighted by atomic mass is 32.2. The molecule has 0 aliphatic carbocycles. The molecule has 3 aromatic rings. The molecule has 174 valence electrons. The molecule has 1 fully saturated rings. The molecule has 0 N–H and O–H groups in total. The number of aryl methyl sites for hydroxylation is 1. The summed E-state index contributed by atoms with van der Waals surface area (Å²) in [5, 5.41) is 9.14. The highest BCUT2D eigenvalue weighted by Crippen LogP contribution is 2.37. The van der Waals surface area contributed by atoms with E-state index in [4.69, 9.17) is 5.26 Å². The average molecular weight is 489 g/mol. The lowest BCUT2D eigenvalue weighted by atomic mass is 9.80. The van der Waals surface area contributed by atoms with E-state index in [1.165, 1.54) is 4.90 Å². The fraction of sp³-hybridized carbons (Fsp3) is 0.250. The zero-order valence-electron chi connectivity index (χ0n) is 19.2. The number of rotatable bonds is 7. The number of sulfonamides is 1. The number of hydrogen-bond donors (Lipinski definition) is 0. The van der Waals surface area contributed by atoms with E-state index in [-0.39, 0.29) is 11.8 Å². The van der Waals surface area contributed by atoms with E-state index in [0.717, 1.165) is 28.9 Å². The molecule has 4 nitrogen and oxygen atoms in total. The summed E-state index contributed by atoms with van der Waals surface area (Å²) in [5.41, 5.74) is 2.20. The third-order valence-electron chi connectivity index (χ3n) is 6.29. The molecule has 3 aromatic carbocycles. The molecule has 1 unspecified atom stereocenters. The molecule has 0 spiro atoms. The van der Waals surface area contributed by atoms with Crippen molar-refractivity contribution in [2.24, 2.45) is 5.92 Å². The summed E-state index contributed by atoms with van der Waals surface area (Å²) in [7, 11) is -3.48. The van der Waals surface area contributed by atoms with E-state index >= 15 is 0 Å². The van der Waals surface area contributed by atoms with Crippen molar-refractivity contribution in [2.75, 3.05) is 13.1 Å². The Morgan fingerprint density at radius 3 is 2.18 bits per heavy atom. The van der Waals surface area contributed by atoms with Crippen LogP contribution in [0.15, 0.2) is 106 Å². The number of allylic oxidation sites excluding steroid dienone is 2. The van der Waals surface area contributed by atoms with Crippen molar-refractivity contribution in [3.8, 4) is 6.07 Å². The zero-order valence-corrected chi connectivity index (χ0v) is 20.8. The lowest BCUT2D eigenvalue weighted by Crippen LogP contribution is -2.39. The van der Waals surface area contributed by atoms with E-state index in [2.05, 4.69) is 42.5 Å². The topological polar surface area (TPSA) is 61.2 Å². The van der Waals surface area contributed by atoms with Gasteiger partial charge in [0.2, 0.25) is 10.0 Å². The maximum atomic E-state index is 13.1. The number of piperidine rings is 1. The van der Waals surface area contributed by atoms with Crippen LogP contribution in [0.3, 0.4) is 0 Å². The molecule has 1 atom stereocenters. The van der Waals surface area contributed by atoms with Gasteiger partial charge in [-0.05, 0) is 67.6 Å². The van der Waals surface area contributed by atoms with Crippen LogP contribution < -0.4 is 0 Å². The fourth-order valence-corrected chi connectivity index (χ4v) is 6.71. The van der Waals surface area contributed by atoms with Gasteiger partial charge in [0.1, 0.15) is 0 Å². The van der Waals surface area contributed by atoms with Crippen molar-refractivity contribution >= 4 is 21.8 Å². The third kappa shape index (κ3) is 5.79. The van der Waals surface area contributed by atoms with Gasteiger partial charge in [-0.2, -0.15) is 9.57 Å². The van der Waals surface area contributed by atoms with Gasteiger partial charge in [-0.15, -0.1) is 0 Å². The standard InChI is InChI=1S/C28H28N2O2S2/c1-22-9-15-27(16-10-22)34(31,32)30-20-17-24(18-21-30)28(8-5-19-29)23-11-13-26(14-12-23)33-25-6-3-2-4-7-25/h2-16,24,28H,17-18,20-21H2,1H3/b8-5+. The van der Waals surface area contributed by atoms with Crippen LogP contribution in [0, 0.1) is 24.2 Å². The highest BCUT2D eigenvalue weighted by molar-refractivity contribution is 7.99. The van der Waals surface area contributed by atoms with Crippen LogP contribution >= 0.6 is 11.8 Å². The third-order valence-corrected chi connectivity index (χ3v) is 9.22. The Labute approximate surface area is 207 Å². The molecule has 6 heteroatoms. The van der Waals surface area contributed by atoms with Crippen molar-refractivity contribution in [3.63, 3.8) is 0 Å². The minimum Gasteiger partial charge on any atom is -0.207 e. The molecule has 0 bridgehead atoms. The summed E-state index contributed by atoms with van der Waals surface area (Å²) in [4.78, 5) is 2.71. The second-order valence-electron chi connectivity index (χ2n) is 8.55. The van der Waals surface area contributed by atoms with Gasteiger partial charge in [0.15, 0.2) is 0 Å². The lowest BCUT2D eigenvalue weighted by molar-refractivity contribution is 0.259. The van der Waals surface area contributed by atoms with Gasteiger partial charge >= 0.3 is 0 Å². The fourth-order valence-electron chi connectivity index (χ4n) is 4.40. The smallest absolute Gasteiger partial charge is 0.207 e. The summed E-state index contributed by atoms with van der Waals surface area (Å²) in [6.07, 6.45) is 5.03. The van der Waals surface area contributed by atoms with Crippen LogP contribution in [0.1, 0.15) is 29.9 Å². The van der Waals surface area contributed by atoms with E-state index < -0.39 is 10.0 Å². The van der Waals surface area contributed by atoms with Gasteiger partial charge in [-0.25, -0.2) is 8.42 Å². The summed E-state index contributed by atoms with van der Waals surface area (Å²) in [5.74, 6) is 0.362. The number of hydrogen-bond acceptors (Lipinski definition) is 4. The van der Waals surface area contributed by atoms with E-state index in [1.54, 1.807) is 34.3 Å². The Balaban J connectivity index is 1.46. The van der Waals surface area contributed by atoms with Crippen molar-refractivity contribution < 1.29 is 8.42 Å². The molecule has 1 saturated heterocycles. The van der Waals surface area contributed by atoms with E-state index in [0.29, 0.717) is 18.0 Å². The first-order valence-corrected chi connectivity index (χ1v) is 13.7. The van der Waals surface area contributed by atoms with Gasteiger partial charge in [0.25, 0.3) is 0 Å². The van der Waals surface area contributed by atoms with Crippen LogP contribution in [0.5, 0.6) is 0 Å². The Hall–Kier alpha value is -2.85. The summed E-state index contributed by atoms with van der Waals surface area (Å²) >= 11 is 1.72. The molecular weight excluding hydrogens is 460 g/mol. The Bertz CT molecular complexity index is 1250. The number of nitrogens with zero attached hydrogens (tertiary/aromatic N) is 2. The number of benzene rings is 3. The Kier molecular flexibility index (Phi) is 7.89. The molecule has 0 saturated carbocycles. The normalized spacial score (nSPS) is 16.4. The van der Waals surface area contributed by atoms with Crippen molar-refractivity contribution in [1.82, 2.24) is 4.31 Å². The van der Waals surface area contributed by atoms with E-state index in [9.17, 15) is 8.42 Å². The summed E-state index contributed by atoms with van der Waals surface area (Å²) < 4.78 is 27.7. The van der Waals surface area contributed by atoms with Crippen molar-refractivity contribution in [2.45, 2.75) is 40.4 Å². The van der Waals surface area contributed by atoms with Crippen LogP contribution in [0.2, 0.25) is 0 Å². The van der Waals surface area contributed by atoms with Crippen molar-refractivity contribution in [1.29, 1.82) is 5.26 Å². The summed E-state index contributed by atoms with van der Waals surface area (Å²) in [6.45, 7) is 2.92. The number of nitriles is 1. The van der Waals surface area contributed by atoms with Gasteiger partial charge in [0.05, 0.1) is 11.0 Å². The SMILES string of the molecule is Cc1ccc(S(=O)(=O)N2CCC(C(/C=C/C#N)c3ccc(Sc4ccccc4)cc3)CC2)cc1. The van der Waals surface area contributed by atoms with Crippen LogP contribution in [0.25, 0.3) is 0 Å². The molecule has 1 aliphatic heterocycles. The second-order valence-corrected chi connectivity index (χ2v) is 11.6. The molecule has 0 amide bonds. The Morgan fingerprint density at radius 1 is 0.941 bits per heavy atom. The average Bonchev–Trinajstić information content (AvgIpc) is 2.86. The first-order valence-electron chi connectivity index (χ1n) is 11.4. The molecule has 34 heavy (non-hydrogen) atoms. The molecule has 1 aliphatic rings. The molecule has 1 heterocycles. The maximum absolute atomic E-state index is 13.1. The molecule has 4 rings (SSSR count). The summed E-state index contributed by atoms with van der Waals surface area (Å²) in [6, 6.07) is 27.9. The highest BCUT2D eigenvalue weighted by Gasteiger charge is 2.32. The first-order chi connectivity index (χ1) is 16.5. The van der Waals surface area contributed by atoms with Crippen LogP contribution in [-0.4, -0.2) is 25.8 Å². The zero-order chi connectivity index (χ0) is 24.0. The van der Waals surface area contributed by atoms with Gasteiger partial charge in [-0.1, -0.05) is 65.9 Å². The van der Waals surface area contributed by atoms with Crippen LogP contribution in [0.4, 0.5) is 0 Å². The van der Waals surface area contributed by atoms with Gasteiger partial charge < -0.3 is 0 Å². The minimum absolute atomic E-state index is 0.0830. The van der Waals surface area contributed by atoms with Crippen molar-refractivity contribution in [3.05, 3.63) is 102 Å². The molecular formula is C28H28N2O2S2. The second kappa shape index (κ2) is 11.1. The monoisotopic (exact) mass is 488 g/mol. The maximum Gasteiger partial charge on any atom is 0.243 e. The predicted molar refractivity (Wildman–Crippen MR) is 137 cm³/mol. The first kappa shape index (κ1) is 24.3. The quantitative estimate of drug-likeness (QED) is 0.361. The molecule has 0 aromatic heterocycles. The van der Waals surface area contributed by atoms with Gasteiger partial charge in [-0.3, -0.25) is 0 Å². The van der Waals surface area contributed by atoms with Gasteiger partial charge in [0, 0.05) is 34.9 Å². The van der Waals surface area contributed by atoms with Crippen LogP contribution in [-0.2, 0) is 10.0 Å². The largest absolute Gasteiger partial charge is 0.243 e. The molecule has 0 radical (unpaired) electrons.